The van der Waals surface area contributed by atoms with Crippen LogP contribution in [0.1, 0.15) is 28.3 Å². The van der Waals surface area contributed by atoms with Crippen LogP contribution in [0.15, 0.2) is 53.9 Å². The molecule has 1 aliphatic heterocycles. The minimum Gasteiger partial charge on any atom is -0.497 e. The number of ether oxygens (including phenoxy) is 1. The highest BCUT2D eigenvalue weighted by Crippen LogP contribution is 2.46. The van der Waals surface area contributed by atoms with Gasteiger partial charge < -0.3 is 10.1 Å². The highest BCUT2D eigenvalue weighted by atomic mass is 32.1. The third kappa shape index (κ3) is 2.94. The van der Waals surface area contributed by atoms with Crippen molar-refractivity contribution in [1.82, 2.24) is 0 Å². The van der Waals surface area contributed by atoms with Crippen molar-refractivity contribution in [3.63, 3.8) is 0 Å². The average Bonchev–Trinajstić information content (AvgIpc) is 3.05. The van der Waals surface area contributed by atoms with Gasteiger partial charge in [0, 0.05) is 28.2 Å². The van der Waals surface area contributed by atoms with Gasteiger partial charge in [0.05, 0.1) is 12.8 Å². The number of aryl methyl sites for hydroxylation is 1. The largest absolute Gasteiger partial charge is 0.497 e. The normalized spacial score (nSPS) is 16.2. The van der Waals surface area contributed by atoms with E-state index in [1.165, 1.54) is 10.4 Å². The zero-order chi connectivity index (χ0) is 17.4. The SMILES string of the molecule is COc1ccc([C@@H]2CC(=O)Nc3c(-c4ccc(C)cc4)csc32)cc1. The molecule has 0 aliphatic carbocycles. The first-order valence-corrected chi connectivity index (χ1v) is 9.16. The number of hydrogen-bond acceptors (Lipinski definition) is 3. The number of thiophene rings is 1. The standard InChI is InChI=1S/C21H19NO2S/c1-13-3-5-15(6-4-13)18-12-25-21-17(11-19(23)22-20(18)21)14-7-9-16(24-2)10-8-14/h3-10,12,17H,11H2,1-2H3,(H,22,23)/t17-/m0/s1. The lowest BCUT2D eigenvalue weighted by Gasteiger charge is -2.24. The van der Waals surface area contributed by atoms with E-state index in [0.717, 1.165) is 28.1 Å². The van der Waals surface area contributed by atoms with Crippen LogP contribution in [0.4, 0.5) is 5.69 Å². The summed E-state index contributed by atoms with van der Waals surface area (Å²) in [5.41, 5.74) is 5.58. The molecule has 2 aromatic carbocycles. The van der Waals surface area contributed by atoms with Gasteiger partial charge >= 0.3 is 0 Å². The predicted molar refractivity (Wildman–Crippen MR) is 103 cm³/mol. The second kappa shape index (κ2) is 6.37. The van der Waals surface area contributed by atoms with Crippen LogP contribution in [0.2, 0.25) is 0 Å². The van der Waals surface area contributed by atoms with Gasteiger partial charge in [0.15, 0.2) is 0 Å². The summed E-state index contributed by atoms with van der Waals surface area (Å²) in [6.45, 7) is 2.08. The average molecular weight is 349 g/mol. The molecule has 3 nitrogen and oxygen atoms in total. The quantitative estimate of drug-likeness (QED) is 0.705. The lowest BCUT2D eigenvalue weighted by molar-refractivity contribution is -0.116. The molecule has 4 rings (SSSR count). The topological polar surface area (TPSA) is 38.3 Å². The Balaban J connectivity index is 1.76. The van der Waals surface area contributed by atoms with E-state index in [1.54, 1.807) is 18.4 Å². The maximum atomic E-state index is 12.3. The predicted octanol–water partition coefficient (Wildman–Crippen LogP) is 5.21. The summed E-state index contributed by atoms with van der Waals surface area (Å²) in [7, 11) is 1.66. The Labute approximate surface area is 151 Å². The molecule has 1 atom stereocenters. The fourth-order valence-electron chi connectivity index (χ4n) is 3.28. The molecule has 1 amide bonds. The molecule has 4 heteroatoms. The van der Waals surface area contributed by atoms with E-state index >= 15 is 0 Å². The molecule has 0 spiro atoms. The number of fused-ring (bicyclic) bond motifs is 1. The van der Waals surface area contributed by atoms with Crippen molar-refractivity contribution in [2.45, 2.75) is 19.3 Å². The zero-order valence-electron chi connectivity index (χ0n) is 14.2. The van der Waals surface area contributed by atoms with Gasteiger partial charge in [-0.1, -0.05) is 42.0 Å². The van der Waals surface area contributed by atoms with Crippen molar-refractivity contribution in [1.29, 1.82) is 0 Å². The van der Waals surface area contributed by atoms with Crippen molar-refractivity contribution >= 4 is 22.9 Å². The summed E-state index contributed by atoms with van der Waals surface area (Å²) < 4.78 is 5.24. The number of methoxy groups -OCH3 is 1. The molecule has 0 bridgehead atoms. The molecule has 1 N–H and O–H groups in total. The highest BCUT2D eigenvalue weighted by molar-refractivity contribution is 7.11. The van der Waals surface area contributed by atoms with E-state index in [-0.39, 0.29) is 11.8 Å². The molecule has 0 saturated heterocycles. The first-order valence-electron chi connectivity index (χ1n) is 8.28. The van der Waals surface area contributed by atoms with Crippen LogP contribution in [0, 0.1) is 6.92 Å². The second-order valence-corrected chi connectivity index (χ2v) is 7.24. The van der Waals surface area contributed by atoms with Crippen LogP contribution in [0.5, 0.6) is 5.75 Å². The molecule has 25 heavy (non-hydrogen) atoms. The Morgan fingerprint density at radius 3 is 2.48 bits per heavy atom. The van der Waals surface area contributed by atoms with E-state index in [2.05, 4.69) is 54.0 Å². The van der Waals surface area contributed by atoms with Crippen LogP contribution in [0.25, 0.3) is 11.1 Å². The minimum atomic E-state index is 0.0695. The number of anilines is 1. The third-order valence-corrected chi connectivity index (χ3v) is 5.77. The van der Waals surface area contributed by atoms with Gasteiger partial charge in [-0.3, -0.25) is 4.79 Å². The molecule has 3 aromatic rings. The zero-order valence-corrected chi connectivity index (χ0v) is 15.0. The van der Waals surface area contributed by atoms with Crippen molar-refractivity contribution in [2.75, 3.05) is 12.4 Å². The minimum absolute atomic E-state index is 0.0695. The van der Waals surface area contributed by atoms with Crippen LogP contribution in [-0.2, 0) is 4.79 Å². The molecule has 1 aromatic heterocycles. The maximum absolute atomic E-state index is 12.3. The van der Waals surface area contributed by atoms with Gasteiger partial charge in [-0.25, -0.2) is 0 Å². The second-order valence-electron chi connectivity index (χ2n) is 6.33. The molecule has 0 fully saturated rings. The van der Waals surface area contributed by atoms with E-state index in [1.807, 2.05) is 12.1 Å². The van der Waals surface area contributed by atoms with Crippen LogP contribution in [-0.4, -0.2) is 13.0 Å². The summed E-state index contributed by atoms with van der Waals surface area (Å²) in [5, 5.41) is 5.24. The van der Waals surface area contributed by atoms with Crippen LogP contribution < -0.4 is 10.1 Å². The van der Waals surface area contributed by atoms with E-state index in [0.29, 0.717) is 6.42 Å². The summed E-state index contributed by atoms with van der Waals surface area (Å²) in [6, 6.07) is 16.4. The molecule has 1 aliphatic rings. The fourth-order valence-corrected chi connectivity index (χ4v) is 4.44. The molecule has 126 valence electrons. The van der Waals surface area contributed by atoms with Crippen molar-refractivity contribution in [3.05, 3.63) is 69.9 Å². The van der Waals surface area contributed by atoms with Crippen molar-refractivity contribution < 1.29 is 9.53 Å². The van der Waals surface area contributed by atoms with E-state index < -0.39 is 0 Å². The summed E-state index contributed by atoms with van der Waals surface area (Å²) in [4.78, 5) is 13.6. The van der Waals surface area contributed by atoms with Gasteiger partial charge in [-0.2, -0.15) is 0 Å². The van der Waals surface area contributed by atoms with E-state index in [4.69, 9.17) is 4.74 Å². The van der Waals surface area contributed by atoms with Gasteiger partial charge in [-0.05, 0) is 30.2 Å². The number of carbonyl (C=O) groups excluding carboxylic acids is 1. The third-order valence-electron chi connectivity index (χ3n) is 4.67. The number of amides is 1. The highest BCUT2D eigenvalue weighted by Gasteiger charge is 2.30. The van der Waals surface area contributed by atoms with Gasteiger partial charge in [-0.15, -0.1) is 11.3 Å². The Morgan fingerprint density at radius 2 is 1.80 bits per heavy atom. The Hall–Kier alpha value is -2.59. The summed E-state index contributed by atoms with van der Waals surface area (Å²) in [5.74, 6) is 0.995. The molecule has 0 saturated carbocycles. The van der Waals surface area contributed by atoms with Gasteiger partial charge in [0.2, 0.25) is 5.91 Å². The molecule has 0 radical (unpaired) electrons. The van der Waals surface area contributed by atoms with Crippen molar-refractivity contribution in [3.8, 4) is 16.9 Å². The van der Waals surface area contributed by atoms with Gasteiger partial charge in [0.25, 0.3) is 0 Å². The Kier molecular flexibility index (Phi) is 4.06. The molecule has 2 heterocycles. The lowest BCUT2D eigenvalue weighted by Crippen LogP contribution is -2.22. The maximum Gasteiger partial charge on any atom is 0.225 e. The first kappa shape index (κ1) is 15.9. The number of carbonyl (C=O) groups is 1. The number of rotatable bonds is 3. The molecule has 0 unspecified atom stereocenters. The monoisotopic (exact) mass is 349 g/mol. The fraction of sp³-hybridized carbons (Fsp3) is 0.190. The Bertz CT molecular complexity index is 910. The summed E-state index contributed by atoms with van der Waals surface area (Å²) in [6.07, 6.45) is 0.479. The van der Waals surface area contributed by atoms with Crippen LogP contribution in [0.3, 0.4) is 0 Å². The smallest absolute Gasteiger partial charge is 0.225 e. The van der Waals surface area contributed by atoms with Crippen molar-refractivity contribution in [2.24, 2.45) is 0 Å². The number of hydrogen-bond donors (Lipinski definition) is 1. The van der Waals surface area contributed by atoms with Gasteiger partial charge in [0.1, 0.15) is 5.75 Å². The lowest BCUT2D eigenvalue weighted by atomic mass is 9.89. The van der Waals surface area contributed by atoms with Crippen LogP contribution >= 0.6 is 11.3 Å². The molecular formula is C21H19NO2S. The summed E-state index contributed by atoms with van der Waals surface area (Å²) >= 11 is 1.72. The Morgan fingerprint density at radius 1 is 1.08 bits per heavy atom. The number of benzene rings is 2. The number of nitrogens with one attached hydrogen (secondary N) is 1. The molecular weight excluding hydrogens is 330 g/mol. The van der Waals surface area contributed by atoms with E-state index in [9.17, 15) is 4.79 Å². The first-order chi connectivity index (χ1) is 12.2.